The zero-order chi connectivity index (χ0) is 23.9. The Bertz CT molecular complexity index is 1160. The first-order chi connectivity index (χ1) is 15.0. The standard InChI is InChI=1S/C20H20ClN3O7S/c1-23(2)32(29,30)18-6-4-3-5-15(18)12-22-19(25)13-31-20(26)10-8-14-7-9-16(21)17(11-14)24(27)28/h3-11H,12-13H2,1-2H3,(H,22,25)/b10-8+. The Labute approximate surface area is 189 Å². The number of amides is 1. The van der Waals surface area contributed by atoms with E-state index in [0.29, 0.717) is 11.1 Å². The lowest BCUT2D eigenvalue weighted by Crippen LogP contribution is -2.29. The Morgan fingerprint density at radius 3 is 2.56 bits per heavy atom. The molecule has 32 heavy (non-hydrogen) atoms. The van der Waals surface area contributed by atoms with Crippen molar-refractivity contribution < 1.29 is 27.7 Å². The molecule has 0 bridgehead atoms. The maximum atomic E-state index is 12.4. The van der Waals surface area contributed by atoms with Gasteiger partial charge in [-0.1, -0.05) is 35.9 Å². The molecule has 0 heterocycles. The molecular formula is C20H20ClN3O7S. The highest BCUT2D eigenvalue weighted by Gasteiger charge is 2.21. The molecule has 0 aliphatic rings. The van der Waals surface area contributed by atoms with Crippen LogP contribution in [0, 0.1) is 10.1 Å². The molecule has 1 N–H and O–H groups in total. The highest BCUT2D eigenvalue weighted by Crippen LogP contribution is 2.25. The van der Waals surface area contributed by atoms with E-state index in [4.69, 9.17) is 16.3 Å². The summed E-state index contributed by atoms with van der Waals surface area (Å²) in [6.45, 7) is -0.670. The highest BCUT2D eigenvalue weighted by atomic mass is 35.5. The van der Waals surface area contributed by atoms with E-state index in [0.717, 1.165) is 10.4 Å². The number of benzene rings is 2. The molecule has 0 unspecified atom stereocenters. The van der Waals surface area contributed by atoms with Crippen molar-refractivity contribution in [3.63, 3.8) is 0 Å². The van der Waals surface area contributed by atoms with Crippen LogP contribution in [0.3, 0.4) is 0 Å². The van der Waals surface area contributed by atoms with Crippen molar-refractivity contribution in [1.82, 2.24) is 9.62 Å². The molecule has 0 aromatic heterocycles. The lowest BCUT2D eigenvalue weighted by molar-refractivity contribution is -0.384. The first-order valence-corrected chi connectivity index (χ1v) is 10.9. The zero-order valence-electron chi connectivity index (χ0n) is 17.1. The molecule has 0 spiro atoms. The van der Waals surface area contributed by atoms with Crippen LogP contribution < -0.4 is 5.32 Å². The molecule has 0 radical (unpaired) electrons. The van der Waals surface area contributed by atoms with E-state index in [2.05, 4.69) is 5.32 Å². The lowest BCUT2D eigenvalue weighted by atomic mass is 10.2. The van der Waals surface area contributed by atoms with Crippen LogP contribution in [0.25, 0.3) is 6.08 Å². The molecule has 170 valence electrons. The van der Waals surface area contributed by atoms with E-state index >= 15 is 0 Å². The van der Waals surface area contributed by atoms with Gasteiger partial charge in [0.15, 0.2) is 6.61 Å². The quantitative estimate of drug-likeness (QED) is 0.251. The largest absolute Gasteiger partial charge is 0.452 e. The van der Waals surface area contributed by atoms with Gasteiger partial charge in [0.1, 0.15) is 5.02 Å². The SMILES string of the molecule is CN(C)S(=O)(=O)c1ccccc1CNC(=O)COC(=O)/C=C/c1ccc(Cl)c([N+](=O)[O-])c1. The van der Waals surface area contributed by atoms with Gasteiger partial charge in [-0.05, 0) is 29.3 Å². The summed E-state index contributed by atoms with van der Waals surface area (Å²) in [5.41, 5.74) is 0.421. The van der Waals surface area contributed by atoms with Crippen molar-refractivity contribution >= 4 is 45.3 Å². The van der Waals surface area contributed by atoms with E-state index in [1.165, 1.54) is 44.4 Å². The normalized spacial score (nSPS) is 11.5. The second-order valence-corrected chi connectivity index (χ2v) is 9.11. The summed E-state index contributed by atoms with van der Waals surface area (Å²) in [6, 6.07) is 10.2. The Balaban J connectivity index is 1.92. The Morgan fingerprint density at radius 2 is 1.91 bits per heavy atom. The minimum Gasteiger partial charge on any atom is -0.452 e. The smallest absolute Gasteiger partial charge is 0.331 e. The van der Waals surface area contributed by atoms with Gasteiger partial charge in [0.05, 0.1) is 9.82 Å². The number of sulfonamides is 1. The molecule has 0 fully saturated rings. The second-order valence-electron chi connectivity index (χ2n) is 6.58. The fourth-order valence-corrected chi connectivity index (χ4v) is 3.77. The van der Waals surface area contributed by atoms with Gasteiger partial charge >= 0.3 is 5.97 Å². The monoisotopic (exact) mass is 481 g/mol. The maximum Gasteiger partial charge on any atom is 0.331 e. The second kappa shape index (κ2) is 10.8. The van der Waals surface area contributed by atoms with Gasteiger partial charge in [-0.3, -0.25) is 14.9 Å². The van der Waals surface area contributed by atoms with Crippen LogP contribution in [0.1, 0.15) is 11.1 Å². The fraction of sp³-hybridized carbons (Fsp3) is 0.200. The number of rotatable bonds is 9. The number of ether oxygens (including phenoxy) is 1. The summed E-state index contributed by atoms with van der Waals surface area (Å²) in [5.74, 6) is -1.47. The molecule has 2 rings (SSSR count). The maximum absolute atomic E-state index is 12.4. The number of nitrogens with zero attached hydrogens (tertiary/aromatic N) is 2. The molecule has 0 saturated carbocycles. The van der Waals surface area contributed by atoms with Crippen LogP contribution in [0.15, 0.2) is 53.4 Å². The van der Waals surface area contributed by atoms with E-state index < -0.39 is 33.4 Å². The third-order valence-corrected chi connectivity index (χ3v) is 6.37. The zero-order valence-corrected chi connectivity index (χ0v) is 18.7. The van der Waals surface area contributed by atoms with Gasteiger partial charge in [-0.15, -0.1) is 0 Å². The number of carbonyl (C=O) groups excluding carboxylic acids is 2. The fourth-order valence-electron chi connectivity index (χ4n) is 2.47. The average molecular weight is 482 g/mol. The summed E-state index contributed by atoms with van der Waals surface area (Å²) < 4.78 is 30.6. The minimum absolute atomic E-state index is 0.0358. The first kappa shape index (κ1) is 25.0. The average Bonchev–Trinajstić information content (AvgIpc) is 2.75. The predicted octanol–water partition coefficient (Wildman–Crippen LogP) is 2.37. The Morgan fingerprint density at radius 1 is 1.22 bits per heavy atom. The molecule has 0 aliphatic heterocycles. The van der Waals surface area contributed by atoms with Gasteiger partial charge in [-0.25, -0.2) is 17.5 Å². The van der Waals surface area contributed by atoms with E-state index in [1.807, 2.05) is 0 Å². The van der Waals surface area contributed by atoms with Crippen molar-refractivity contribution in [3.05, 3.63) is 74.8 Å². The topological polar surface area (TPSA) is 136 Å². The molecule has 1 amide bonds. The number of esters is 1. The van der Waals surface area contributed by atoms with E-state index in [9.17, 15) is 28.1 Å². The third kappa shape index (κ3) is 6.61. The summed E-state index contributed by atoms with van der Waals surface area (Å²) >= 11 is 5.72. The van der Waals surface area contributed by atoms with Crippen molar-refractivity contribution in [1.29, 1.82) is 0 Å². The van der Waals surface area contributed by atoms with Crippen LogP contribution in [0.5, 0.6) is 0 Å². The van der Waals surface area contributed by atoms with Crippen LogP contribution in [-0.4, -0.2) is 50.2 Å². The number of carbonyl (C=O) groups is 2. The molecule has 0 saturated heterocycles. The number of nitro groups is 1. The highest BCUT2D eigenvalue weighted by molar-refractivity contribution is 7.89. The Kier molecular flexibility index (Phi) is 8.47. The number of halogens is 1. The molecule has 0 atom stereocenters. The van der Waals surface area contributed by atoms with Gasteiger partial charge in [0.2, 0.25) is 10.0 Å². The molecule has 10 nitrogen and oxygen atoms in total. The van der Waals surface area contributed by atoms with Gasteiger partial charge in [-0.2, -0.15) is 0 Å². The Hall–Kier alpha value is -3.28. The number of hydrogen-bond donors (Lipinski definition) is 1. The number of nitro benzene ring substituents is 1. The van der Waals surface area contributed by atoms with Gasteiger partial charge in [0, 0.05) is 32.8 Å². The third-order valence-electron chi connectivity index (χ3n) is 4.13. The van der Waals surface area contributed by atoms with Crippen molar-refractivity contribution in [2.45, 2.75) is 11.4 Å². The predicted molar refractivity (Wildman–Crippen MR) is 117 cm³/mol. The summed E-state index contributed by atoms with van der Waals surface area (Å²) in [5, 5.41) is 13.3. The minimum atomic E-state index is -3.69. The van der Waals surface area contributed by atoms with Gasteiger partial charge in [0.25, 0.3) is 11.6 Å². The first-order valence-electron chi connectivity index (χ1n) is 9.08. The number of nitrogens with one attached hydrogen (secondary N) is 1. The van der Waals surface area contributed by atoms with Crippen LogP contribution in [0.4, 0.5) is 5.69 Å². The van der Waals surface area contributed by atoms with Crippen LogP contribution in [0.2, 0.25) is 5.02 Å². The molecule has 2 aromatic carbocycles. The van der Waals surface area contributed by atoms with Gasteiger partial charge < -0.3 is 10.1 Å². The van der Waals surface area contributed by atoms with Crippen molar-refractivity contribution in [3.8, 4) is 0 Å². The summed E-state index contributed by atoms with van der Waals surface area (Å²) in [4.78, 5) is 34.1. The van der Waals surface area contributed by atoms with Crippen LogP contribution in [-0.2, 0) is 30.9 Å². The molecular weight excluding hydrogens is 462 g/mol. The lowest BCUT2D eigenvalue weighted by Gasteiger charge is -2.15. The molecule has 2 aromatic rings. The summed E-state index contributed by atoms with van der Waals surface area (Å²) in [7, 11) is -0.884. The van der Waals surface area contributed by atoms with E-state index in [-0.39, 0.29) is 22.2 Å². The van der Waals surface area contributed by atoms with Crippen molar-refractivity contribution in [2.75, 3.05) is 20.7 Å². The van der Waals surface area contributed by atoms with Crippen LogP contribution >= 0.6 is 11.6 Å². The molecule has 12 heteroatoms. The number of hydrogen-bond acceptors (Lipinski definition) is 7. The van der Waals surface area contributed by atoms with Crippen molar-refractivity contribution in [2.24, 2.45) is 0 Å². The molecule has 0 aliphatic carbocycles. The summed E-state index contributed by atoms with van der Waals surface area (Å²) in [6.07, 6.45) is 2.30. The van der Waals surface area contributed by atoms with E-state index in [1.54, 1.807) is 18.2 Å².